The van der Waals surface area contributed by atoms with Crippen molar-refractivity contribution in [3.05, 3.63) is 59.7 Å². The van der Waals surface area contributed by atoms with Crippen molar-refractivity contribution < 1.29 is 14.6 Å². The Hall–Kier alpha value is -2.04. The van der Waals surface area contributed by atoms with E-state index in [1.807, 2.05) is 50.2 Å². The molecule has 4 nitrogen and oxygen atoms in total. The Bertz CT molecular complexity index is 670. The number of benzene rings is 2. The molecule has 0 amide bonds. The van der Waals surface area contributed by atoms with Gasteiger partial charge in [-0.1, -0.05) is 30.3 Å². The van der Waals surface area contributed by atoms with Crippen LogP contribution in [0.25, 0.3) is 0 Å². The highest BCUT2D eigenvalue weighted by atomic mass is 16.5. The lowest BCUT2D eigenvalue weighted by Gasteiger charge is -2.41. The standard InChI is InChI=1S/C19H23NO3/c1-19(2)18(21)17(22-3)15-11-14(9-10-16(15)23-19)20-12-13-7-5-4-6-8-13/h4-11,17-18,20-21H,12H2,1-3H3/t17-,18+/m1/s1. The maximum atomic E-state index is 10.5. The zero-order valence-electron chi connectivity index (χ0n) is 13.7. The van der Waals surface area contributed by atoms with Gasteiger partial charge in [-0.05, 0) is 37.6 Å². The predicted molar refractivity (Wildman–Crippen MR) is 90.7 cm³/mol. The highest BCUT2D eigenvalue weighted by Gasteiger charge is 2.43. The summed E-state index contributed by atoms with van der Waals surface area (Å²) >= 11 is 0. The van der Waals surface area contributed by atoms with Gasteiger partial charge in [-0.3, -0.25) is 0 Å². The van der Waals surface area contributed by atoms with Crippen molar-refractivity contribution in [1.29, 1.82) is 0 Å². The van der Waals surface area contributed by atoms with Crippen LogP contribution in [0.15, 0.2) is 48.5 Å². The van der Waals surface area contributed by atoms with Crippen LogP contribution in [0.2, 0.25) is 0 Å². The van der Waals surface area contributed by atoms with Crippen molar-refractivity contribution in [1.82, 2.24) is 0 Å². The first-order chi connectivity index (χ1) is 11.0. The maximum Gasteiger partial charge on any atom is 0.132 e. The minimum atomic E-state index is -0.718. The van der Waals surface area contributed by atoms with E-state index < -0.39 is 17.8 Å². The van der Waals surface area contributed by atoms with E-state index in [-0.39, 0.29) is 0 Å². The summed E-state index contributed by atoms with van der Waals surface area (Å²) in [5, 5.41) is 13.9. The van der Waals surface area contributed by atoms with E-state index in [4.69, 9.17) is 9.47 Å². The van der Waals surface area contributed by atoms with Gasteiger partial charge < -0.3 is 19.9 Å². The van der Waals surface area contributed by atoms with Crippen LogP contribution in [0.3, 0.4) is 0 Å². The molecule has 1 heterocycles. The molecule has 0 spiro atoms. The Labute approximate surface area is 137 Å². The van der Waals surface area contributed by atoms with Gasteiger partial charge in [0.05, 0.1) is 0 Å². The summed E-state index contributed by atoms with van der Waals surface area (Å²) in [6.07, 6.45) is -1.11. The SMILES string of the molecule is CO[C@@H]1c2cc(NCc3ccccc3)ccc2OC(C)(C)[C@H]1O. The summed E-state index contributed by atoms with van der Waals surface area (Å²) in [6, 6.07) is 16.1. The molecule has 2 aromatic carbocycles. The Morgan fingerprint density at radius 3 is 2.61 bits per heavy atom. The second-order valence-corrected chi connectivity index (χ2v) is 6.40. The van der Waals surface area contributed by atoms with E-state index in [0.717, 1.165) is 23.5 Å². The molecule has 23 heavy (non-hydrogen) atoms. The quantitative estimate of drug-likeness (QED) is 0.907. The van der Waals surface area contributed by atoms with Gasteiger partial charge in [0, 0.05) is 24.9 Å². The Kier molecular flexibility index (Phi) is 4.28. The lowest BCUT2D eigenvalue weighted by molar-refractivity contribution is -0.124. The molecular formula is C19H23NO3. The maximum absolute atomic E-state index is 10.5. The molecule has 4 heteroatoms. The zero-order chi connectivity index (χ0) is 16.4. The highest BCUT2D eigenvalue weighted by Crippen LogP contribution is 2.42. The number of anilines is 1. The summed E-state index contributed by atoms with van der Waals surface area (Å²) in [7, 11) is 1.61. The smallest absolute Gasteiger partial charge is 0.132 e. The minimum absolute atomic E-state index is 0.396. The van der Waals surface area contributed by atoms with E-state index in [1.165, 1.54) is 5.56 Å². The second-order valence-electron chi connectivity index (χ2n) is 6.40. The molecule has 0 radical (unpaired) electrons. The molecule has 0 unspecified atom stereocenters. The topological polar surface area (TPSA) is 50.7 Å². The normalized spacial score (nSPS) is 22.1. The van der Waals surface area contributed by atoms with Crippen molar-refractivity contribution in [3.63, 3.8) is 0 Å². The van der Waals surface area contributed by atoms with Crippen molar-refractivity contribution in [2.75, 3.05) is 12.4 Å². The van der Waals surface area contributed by atoms with Gasteiger partial charge in [0.15, 0.2) is 0 Å². The van der Waals surface area contributed by atoms with Crippen LogP contribution in [-0.4, -0.2) is 23.9 Å². The van der Waals surface area contributed by atoms with E-state index in [9.17, 15) is 5.11 Å². The molecule has 0 bridgehead atoms. The van der Waals surface area contributed by atoms with Gasteiger partial charge in [0.2, 0.25) is 0 Å². The number of hydrogen-bond acceptors (Lipinski definition) is 4. The number of fused-ring (bicyclic) bond motifs is 1. The van der Waals surface area contributed by atoms with Crippen LogP contribution in [-0.2, 0) is 11.3 Å². The second kappa shape index (κ2) is 6.22. The van der Waals surface area contributed by atoms with E-state index >= 15 is 0 Å². The van der Waals surface area contributed by atoms with Gasteiger partial charge in [-0.2, -0.15) is 0 Å². The largest absolute Gasteiger partial charge is 0.485 e. The lowest BCUT2D eigenvalue weighted by atomic mass is 9.88. The molecule has 2 aromatic rings. The molecule has 1 aliphatic heterocycles. The van der Waals surface area contributed by atoms with Gasteiger partial charge in [-0.15, -0.1) is 0 Å². The van der Waals surface area contributed by atoms with Crippen LogP contribution in [0.4, 0.5) is 5.69 Å². The third-order valence-electron chi connectivity index (χ3n) is 4.28. The molecule has 2 N–H and O–H groups in total. The first-order valence-corrected chi connectivity index (χ1v) is 7.83. The summed E-state index contributed by atoms with van der Waals surface area (Å²) in [5.74, 6) is 0.761. The number of ether oxygens (including phenoxy) is 2. The van der Waals surface area contributed by atoms with Crippen molar-refractivity contribution in [2.45, 2.75) is 38.2 Å². The van der Waals surface area contributed by atoms with E-state index in [1.54, 1.807) is 7.11 Å². The first kappa shape index (κ1) is 15.8. The first-order valence-electron chi connectivity index (χ1n) is 7.83. The van der Waals surface area contributed by atoms with Gasteiger partial charge in [0.25, 0.3) is 0 Å². The Balaban J connectivity index is 1.82. The molecular weight excluding hydrogens is 290 g/mol. The third kappa shape index (κ3) is 3.19. The zero-order valence-corrected chi connectivity index (χ0v) is 13.7. The van der Waals surface area contributed by atoms with E-state index in [0.29, 0.717) is 0 Å². The molecule has 0 saturated heterocycles. The fourth-order valence-corrected chi connectivity index (χ4v) is 2.91. The van der Waals surface area contributed by atoms with Gasteiger partial charge in [0.1, 0.15) is 23.6 Å². The molecule has 0 saturated carbocycles. The molecule has 1 aliphatic rings. The summed E-state index contributed by atoms with van der Waals surface area (Å²) in [6.45, 7) is 4.48. The lowest BCUT2D eigenvalue weighted by Crippen LogP contribution is -2.49. The van der Waals surface area contributed by atoms with Crippen molar-refractivity contribution in [2.24, 2.45) is 0 Å². The van der Waals surface area contributed by atoms with E-state index in [2.05, 4.69) is 17.4 Å². The number of nitrogens with one attached hydrogen (secondary N) is 1. The minimum Gasteiger partial charge on any atom is -0.485 e. The van der Waals surface area contributed by atoms with Crippen LogP contribution in [0.1, 0.15) is 31.1 Å². The van der Waals surface area contributed by atoms with Crippen molar-refractivity contribution >= 4 is 5.69 Å². The summed E-state index contributed by atoms with van der Waals surface area (Å²) < 4.78 is 11.4. The molecule has 122 valence electrons. The molecule has 0 aliphatic carbocycles. The Morgan fingerprint density at radius 2 is 1.91 bits per heavy atom. The number of rotatable bonds is 4. The van der Waals surface area contributed by atoms with Gasteiger partial charge in [-0.25, -0.2) is 0 Å². The molecule has 3 rings (SSSR count). The third-order valence-corrected chi connectivity index (χ3v) is 4.28. The van der Waals surface area contributed by atoms with Gasteiger partial charge >= 0.3 is 0 Å². The number of aliphatic hydroxyl groups is 1. The average molecular weight is 313 g/mol. The van der Waals surface area contributed by atoms with Crippen LogP contribution in [0, 0.1) is 0 Å². The summed E-state index contributed by atoms with van der Waals surface area (Å²) in [5.41, 5.74) is 2.39. The molecule has 2 atom stereocenters. The van der Waals surface area contributed by atoms with Crippen LogP contribution >= 0.6 is 0 Å². The highest BCUT2D eigenvalue weighted by molar-refractivity contribution is 5.53. The monoisotopic (exact) mass is 313 g/mol. The Morgan fingerprint density at radius 1 is 1.17 bits per heavy atom. The molecule has 0 fully saturated rings. The average Bonchev–Trinajstić information content (AvgIpc) is 2.55. The van der Waals surface area contributed by atoms with Crippen molar-refractivity contribution in [3.8, 4) is 5.75 Å². The number of hydrogen-bond donors (Lipinski definition) is 2. The molecule has 0 aromatic heterocycles. The van der Waals surface area contributed by atoms with Crippen LogP contribution < -0.4 is 10.1 Å². The summed E-state index contributed by atoms with van der Waals surface area (Å²) in [4.78, 5) is 0. The van der Waals surface area contributed by atoms with Crippen LogP contribution in [0.5, 0.6) is 5.75 Å². The fraction of sp³-hybridized carbons (Fsp3) is 0.368. The number of methoxy groups -OCH3 is 1. The number of aliphatic hydroxyl groups excluding tert-OH is 1. The fourth-order valence-electron chi connectivity index (χ4n) is 2.91. The predicted octanol–water partition coefficient (Wildman–Crippen LogP) is 3.52.